The maximum Gasteiger partial charge on any atom is 0.530 e. The number of hydrogen-bond donors (Lipinski definition) is 0. The molecule has 0 amide bonds. The van der Waals surface area contributed by atoms with Crippen molar-refractivity contribution < 1.29 is 22.9 Å². The zero-order chi connectivity index (χ0) is 18.1. The van der Waals surface area contributed by atoms with Crippen LogP contribution in [0, 0.1) is 0 Å². The lowest BCUT2D eigenvalue weighted by Crippen LogP contribution is -2.03. The summed E-state index contributed by atoms with van der Waals surface area (Å²) in [5, 5.41) is 0. The maximum absolute atomic E-state index is 12.7. The molecule has 0 bridgehead atoms. The van der Waals surface area contributed by atoms with Crippen LogP contribution >= 0.6 is 7.82 Å². The summed E-state index contributed by atoms with van der Waals surface area (Å²) in [5.74, 6) is -0.126. The Morgan fingerprint density at radius 2 is 1.36 bits per heavy atom. The summed E-state index contributed by atoms with van der Waals surface area (Å²) in [5.41, 5.74) is 1.11. The first-order valence-corrected chi connectivity index (χ1v) is 9.49. The quantitative estimate of drug-likeness (QED) is 0.269. The molecule has 132 valence electrons. The number of carbonyl (C=O) groups is 1. The zero-order valence-electron chi connectivity index (χ0n) is 14.3. The van der Waals surface area contributed by atoms with E-state index in [9.17, 15) is 9.36 Å². The molecule has 0 unspecified atom stereocenters. The Balaban J connectivity index is 2.38. The third kappa shape index (κ3) is 5.68. The maximum atomic E-state index is 12.7. The molecule has 0 radical (unpaired) electrons. The molecule has 0 aromatic heterocycles. The lowest BCUT2D eigenvalue weighted by atomic mass is 10.1. The van der Waals surface area contributed by atoms with E-state index in [2.05, 4.69) is 0 Å². The molecular weight excluding hydrogens is 339 g/mol. The van der Waals surface area contributed by atoms with E-state index >= 15 is 0 Å². The van der Waals surface area contributed by atoms with Gasteiger partial charge in [0, 0.05) is 17.2 Å². The van der Waals surface area contributed by atoms with Crippen LogP contribution in [0.15, 0.2) is 66.7 Å². The number of ketones is 1. The third-order valence-electron chi connectivity index (χ3n) is 3.16. The largest absolute Gasteiger partial charge is 0.530 e. The van der Waals surface area contributed by atoms with Crippen LogP contribution in [0.4, 0.5) is 0 Å². The molecule has 0 atom stereocenters. The van der Waals surface area contributed by atoms with Gasteiger partial charge in [0.25, 0.3) is 0 Å². The van der Waals surface area contributed by atoms with Crippen molar-refractivity contribution in [2.45, 2.75) is 13.8 Å². The van der Waals surface area contributed by atoms with Crippen molar-refractivity contribution in [3.63, 3.8) is 0 Å². The van der Waals surface area contributed by atoms with E-state index in [-0.39, 0.29) is 24.8 Å². The summed E-state index contributed by atoms with van der Waals surface area (Å²) in [6.07, 6.45) is 1.30. The Bertz CT molecular complexity index is 746. The highest BCUT2D eigenvalue weighted by Gasteiger charge is 2.29. The van der Waals surface area contributed by atoms with Crippen LogP contribution in [0.2, 0.25) is 0 Å². The van der Waals surface area contributed by atoms with Crippen LogP contribution in [-0.2, 0) is 18.1 Å². The summed E-state index contributed by atoms with van der Waals surface area (Å²) >= 11 is 0. The fourth-order valence-corrected chi connectivity index (χ4v) is 3.31. The fraction of sp³-hybridized carbons (Fsp3) is 0.211. The number of phosphoric ester groups is 1. The van der Waals surface area contributed by atoms with E-state index in [1.165, 1.54) is 6.08 Å². The summed E-state index contributed by atoms with van der Waals surface area (Å²) in [4.78, 5) is 12.5. The van der Waals surface area contributed by atoms with E-state index in [4.69, 9.17) is 13.6 Å². The number of hydrogen-bond acceptors (Lipinski definition) is 5. The van der Waals surface area contributed by atoms with Crippen molar-refractivity contribution in [1.29, 1.82) is 0 Å². The van der Waals surface area contributed by atoms with Gasteiger partial charge in [0.2, 0.25) is 0 Å². The lowest BCUT2D eigenvalue weighted by molar-refractivity contribution is 0.104. The second-order valence-electron chi connectivity index (χ2n) is 4.98. The van der Waals surface area contributed by atoms with E-state index in [0.29, 0.717) is 11.1 Å². The Labute approximate surface area is 147 Å². The van der Waals surface area contributed by atoms with Gasteiger partial charge in [-0.25, -0.2) is 4.57 Å². The molecule has 2 aromatic carbocycles. The Morgan fingerprint density at radius 3 is 1.84 bits per heavy atom. The molecule has 0 spiro atoms. The van der Waals surface area contributed by atoms with Crippen molar-refractivity contribution in [3.8, 4) is 0 Å². The second kappa shape index (κ2) is 9.33. The summed E-state index contributed by atoms with van der Waals surface area (Å²) in [6.45, 7) is 3.70. The zero-order valence-corrected chi connectivity index (χ0v) is 15.1. The molecule has 6 heteroatoms. The molecule has 2 rings (SSSR count). The second-order valence-corrected chi connectivity index (χ2v) is 6.57. The molecular formula is C19H21O5P. The van der Waals surface area contributed by atoms with Gasteiger partial charge in [-0.1, -0.05) is 60.7 Å². The van der Waals surface area contributed by atoms with Crippen LogP contribution < -0.4 is 0 Å². The molecule has 0 saturated carbocycles. The average molecular weight is 360 g/mol. The molecule has 0 aliphatic carbocycles. The Kier molecular flexibility index (Phi) is 7.14. The van der Waals surface area contributed by atoms with E-state index in [1.807, 2.05) is 12.1 Å². The molecule has 0 aliphatic heterocycles. The summed E-state index contributed by atoms with van der Waals surface area (Å²) < 4.78 is 28.6. The first-order chi connectivity index (χ1) is 12.1. The van der Waals surface area contributed by atoms with E-state index in [0.717, 1.165) is 0 Å². The summed E-state index contributed by atoms with van der Waals surface area (Å²) in [7, 11) is -3.81. The standard InChI is InChI=1S/C19H21O5P/c1-3-22-25(21,23-4-2)24-19(17-13-9-6-10-14-17)15-18(20)16-11-7-5-8-12-16/h5-15H,3-4H2,1-2H3/b19-15+. The van der Waals surface area contributed by atoms with Gasteiger partial charge < -0.3 is 4.52 Å². The number of allylic oxidation sites excluding steroid dienone is 1. The first kappa shape index (κ1) is 19.1. The predicted molar refractivity (Wildman–Crippen MR) is 97.1 cm³/mol. The lowest BCUT2D eigenvalue weighted by Gasteiger charge is -2.19. The van der Waals surface area contributed by atoms with Crippen molar-refractivity contribution in [2.24, 2.45) is 0 Å². The molecule has 0 aliphatic rings. The molecule has 5 nitrogen and oxygen atoms in total. The fourth-order valence-electron chi connectivity index (χ4n) is 2.10. The highest BCUT2D eigenvalue weighted by atomic mass is 31.2. The van der Waals surface area contributed by atoms with Crippen molar-refractivity contribution in [3.05, 3.63) is 77.9 Å². The minimum Gasteiger partial charge on any atom is -0.403 e. The van der Waals surface area contributed by atoms with Crippen LogP contribution in [-0.4, -0.2) is 19.0 Å². The average Bonchev–Trinajstić information content (AvgIpc) is 2.63. The monoisotopic (exact) mass is 360 g/mol. The molecule has 0 fully saturated rings. The summed E-state index contributed by atoms with van der Waals surface area (Å²) in [6, 6.07) is 17.7. The Hall–Kier alpha value is -2.20. The van der Waals surface area contributed by atoms with Gasteiger partial charge in [-0.2, -0.15) is 0 Å². The first-order valence-electron chi connectivity index (χ1n) is 8.03. The third-order valence-corrected chi connectivity index (χ3v) is 4.73. The topological polar surface area (TPSA) is 61.8 Å². The van der Waals surface area contributed by atoms with Crippen LogP contribution in [0.5, 0.6) is 0 Å². The minimum absolute atomic E-state index is 0.139. The molecule has 2 aromatic rings. The highest BCUT2D eigenvalue weighted by Crippen LogP contribution is 2.52. The highest BCUT2D eigenvalue weighted by molar-refractivity contribution is 7.48. The smallest absolute Gasteiger partial charge is 0.403 e. The van der Waals surface area contributed by atoms with Gasteiger partial charge in [-0.05, 0) is 13.8 Å². The van der Waals surface area contributed by atoms with Crippen molar-refractivity contribution in [1.82, 2.24) is 0 Å². The van der Waals surface area contributed by atoms with E-state index < -0.39 is 7.82 Å². The van der Waals surface area contributed by atoms with Gasteiger partial charge in [-0.3, -0.25) is 13.8 Å². The Morgan fingerprint density at radius 1 is 0.880 bits per heavy atom. The molecule has 0 saturated heterocycles. The van der Waals surface area contributed by atoms with Crippen molar-refractivity contribution >= 4 is 19.4 Å². The van der Waals surface area contributed by atoms with E-state index in [1.54, 1.807) is 62.4 Å². The number of benzene rings is 2. The van der Waals surface area contributed by atoms with Crippen LogP contribution in [0.25, 0.3) is 5.76 Å². The van der Waals surface area contributed by atoms with Gasteiger partial charge in [0.15, 0.2) is 5.78 Å². The van der Waals surface area contributed by atoms with Crippen LogP contribution in [0.3, 0.4) is 0 Å². The number of carbonyl (C=O) groups excluding carboxylic acids is 1. The predicted octanol–water partition coefficient (Wildman–Crippen LogP) is 5.11. The van der Waals surface area contributed by atoms with Gasteiger partial charge in [0.05, 0.1) is 13.2 Å². The van der Waals surface area contributed by atoms with Crippen molar-refractivity contribution in [2.75, 3.05) is 13.2 Å². The van der Waals surface area contributed by atoms with Gasteiger partial charge in [-0.15, -0.1) is 0 Å². The number of phosphoric acid groups is 1. The minimum atomic E-state index is -3.81. The normalized spacial score (nSPS) is 12.0. The van der Waals surface area contributed by atoms with Gasteiger partial charge >= 0.3 is 7.82 Å². The van der Waals surface area contributed by atoms with Gasteiger partial charge in [0.1, 0.15) is 5.76 Å². The van der Waals surface area contributed by atoms with Crippen LogP contribution in [0.1, 0.15) is 29.8 Å². The molecule has 25 heavy (non-hydrogen) atoms. The molecule has 0 N–H and O–H groups in total. The molecule has 0 heterocycles. The SMILES string of the molecule is CCOP(=O)(OCC)O/C(=C/C(=O)c1ccccc1)c1ccccc1. The number of rotatable bonds is 9.